The van der Waals surface area contributed by atoms with Crippen LogP contribution in [-0.2, 0) is 0 Å². The van der Waals surface area contributed by atoms with Gasteiger partial charge in [0.1, 0.15) is 5.76 Å². The summed E-state index contributed by atoms with van der Waals surface area (Å²) in [4.78, 5) is 0. The first-order valence-electron chi connectivity index (χ1n) is 6.10. The molecule has 0 radical (unpaired) electrons. The van der Waals surface area contributed by atoms with E-state index in [2.05, 4.69) is 28.5 Å². The monoisotopic (exact) mass is 241 g/mol. The molecule has 2 aromatic heterocycles. The third-order valence-corrected chi connectivity index (χ3v) is 3.11. The van der Waals surface area contributed by atoms with Crippen LogP contribution in [-0.4, -0.2) is 10.2 Å². The lowest BCUT2D eigenvalue weighted by Crippen LogP contribution is -2.08. The molecule has 2 N–H and O–H groups in total. The van der Waals surface area contributed by atoms with Crippen LogP contribution >= 0.6 is 0 Å². The summed E-state index contributed by atoms with van der Waals surface area (Å²) >= 11 is 0. The van der Waals surface area contributed by atoms with Crippen LogP contribution in [0, 0.1) is 0 Å². The highest BCUT2D eigenvalue weighted by Gasteiger charge is 2.13. The Kier molecular flexibility index (Phi) is 2.76. The van der Waals surface area contributed by atoms with Gasteiger partial charge >= 0.3 is 0 Å². The molecule has 0 amide bonds. The molecule has 0 spiro atoms. The minimum absolute atomic E-state index is 0.181. The second-order valence-corrected chi connectivity index (χ2v) is 4.26. The van der Waals surface area contributed by atoms with Crippen molar-refractivity contribution in [3.63, 3.8) is 0 Å². The van der Waals surface area contributed by atoms with Crippen LogP contribution in [0.1, 0.15) is 25.1 Å². The van der Waals surface area contributed by atoms with Gasteiger partial charge in [-0.05, 0) is 30.7 Å². The molecule has 92 valence electrons. The topological polar surface area (TPSA) is 53.9 Å². The summed E-state index contributed by atoms with van der Waals surface area (Å²) in [6.45, 7) is 2.13. The minimum atomic E-state index is 0.181. The number of aromatic amines is 1. The SMILES string of the molecule is CCC(Nc1cccc2[nH]ncc12)c1ccco1. The summed E-state index contributed by atoms with van der Waals surface area (Å²) in [6.07, 6.45) is 4.51. The molecule has 4 heteroatoms. The summed E-state index contributed by atoms with van der Waals surface area (Å²) in [5.74, 6) is 0.956. The number of fused-ring (bicyclic) bond motifs is 1. The zero-order valence-corrected chi connectivity index (χ0v) is 10.2. The number of rotatable bonds is 4. The number of aromatic nitrogens is 2. The molecule has 0 aliphatic rings. The number of benzene rings is 1. The normalized spacial score (nSPS) is 12.7. The number of anilines is 1. The highest BCUT2D eigenvalue weighted by atomic mass is 16.3. The molecule has 2 heterocycles. The number of H-pyrrole nitrogens is 1. The minimum Gasteiger partial charge on any atom is -0.467 e. The average molecular weight is 241 g/mol. The van der Waals surface area contributed by atoms with Crippen LogP contribution in [0.15, 0.2) is 47.2 Å². The molecule has 0 bridgehead atoms. The van der Waals surface area contributed by atoms with E-state index < -0.39 is 0 Å². The van der Waals surface area contributed by atoms with Crippen LogP contribution in [0.3, 0.4) is 0 Å². The first-order valence-corrected chi connectivity index (χ1v) is 6.10. The Bertz CT molecular complexity index is 627. The van der Waals surface area contributed by atoms with Gasteiger partial charge in [0.05, 0.1) is 24.0 Å². The molecule has 18 heavy (non-hydrogen) atoms. The Morgan fingerprint density at radius 3 is 3.06 bits per heavy atom. The Balaban J connectivity index is 1.93. The maximum absolute atomic E-state index is 5.47. The molecule has 3 aromatic rings. The van der Waals surface area contributed by atoms with E-state index in [1.165, 1.54) is 0 Å². The van der Waals surface area contributed by atoms with E-state index in [9.17, 15) is 0 Å². The second-order valence-electron chi connectivity index (χ2n) is 4.26. The summed E-state index contributed by atoms with van der Waals surface area (Å²) < 4.78 is 5.47. The number of furan rings is 1. The predicted molar refractivity (Wildman–Crippen MR) is 71.5 cm³/mol. The molecule has 0 saturated carbocycles. The van der Waals surface area contributed by atoms with Gasteiger partial charge < -0.3 is 9.73 Å². The fourth-order valence-corrected chi connectivity index (χ4v) is 2.15. The number of hydrogen-bond acceptors (Lipinski definition) is 3. The number of nitrogens with zero attached hydrogens (tertiary/aromatic N) is 1. The first-order chi connectivity index (χ1) is 8.88. The lowest BCUT2D eigenvalue weighted by Gasteiger charge is -2.16. The molecule has 0 aliphatic carbocycles. The van der Waals surface area contributed by atoms with Gasteiger partial charge in [0, 0.05) is 11.1 Å². The Hall–Kier alpha value is -2.23. The molecule has 1 atom stereocenters. The summed E-state index contributed by atoms with van der Waals surface area (Å²) in [6, 6.07) is 10.2. The van der Waals surface area contributed by atoms with Gasteiger partial charge in [0.2, 0.25) is 0 Å². The summed E-state index contributed by atoms with van der Waals surface area (Å²) in [5.41, 5.74) is 2.11. The third kappa shape index (κ3) is 1.86. The standard InChI is InChI=1S/C14H15N3O/c1-2-11(14-7-4-8-18-14)16-12-5-3-6-13-10(12)9-15-17-13/h3-9,11,16H,2H2,1H3,(H,15,17). The quantitative estimate of drug-likeness (QED) is 0.732. The summed E-state index contributed by atoms with van der Waals surface area (Å²) in [5, 5.41) is 11.6. The number of hydrogen-bond donors (Lipinski definition) is 2. The van der Waals surface area contributed by atoms with E-state index in [1.807, 2.05) is 30.5 Å². The van der Waals surface area contributed by atoms with Crippen LogP contribution < -0.4 is 5.32 Å². The fourth-order valence-electron chi connectivity index (χ4n) is 2.15. The third-order valence-electron chi connectivity index (χ3n) is 3.11. The largest absolute Gasteiger partial charge is 0.467 e. The van der Waals surface area contributed by atoms with Crippen molar-refractivity contribution >= 4 is 16.6 Å². The van der Waals surface area contributed by atoms with Crippen LogP contribution in [0.5, 0.6) is 0 Å². The van der Waals surface area contributed by atoms with Crippen molar-refractivity contribution in [2.75, 3.05) is 5.32 Å². The van der Waals surface area contributed by atoms with Gasteiger partial charge in [-0.25, -0.2) is 0 Å². The van der Waals surface area contributed by atoms with Gasteiger partial charge in [-0.1, -0.05) is 13.0 Å². The van der Waals surface area contributed by atoms with Crippen molar-refractivity contribution in [2.45, 2.75) is 19.4 Å². The molecule has 1 unspecified atom stereocenters. The Morgan fingerprint density at radius 1 is 1.33 bits per heavy atom. The molecule has 0 aliphatic heterocycles. The maximum atomic E-state index is 5.47. The van der Waals surface area contributed by atoms with Crippen molar-refractivity contribution < 1.29 is 4.42 Å². The first kappa shape index (κ1) is 10.9. The molecule has 4 nitrogen and oxygen atoms in total. The highest BCUT2D eigenvalue weighted by molar-refractivity contribution is 5.90. The maximum Gasteiger partial charge on any atom is 0.125 e. The van der Waals surface area contributed by atoms with Crippen molar-refractivity contribution in [2.24, 2.45) is 0 Å². The smallest absolute Gasteiger partial charge is 0.125 e. The average Bonchev–Trinajstić information content (AvgIpc) is 3.06. The van der Waals surface area contributed by atoms with Crippen molar-refractivity contribution in [3.05, 3.63) is 48.6 Å². The van der Waals surface area contributed by atoms with E-state index in [1.54, 1.807) is 6.26 Å². The van der Waals surface area contributed by atoms with Crippen molar-refractivity contribution in [1.82, 2.24) is 10.2 Å². The van der Waals surface area contributed by atoms with Crippen molar-refractivity contribution in [3.8, 4) is 0 Å². The lowest BCUT2D eigenvalue weighted by atomic mass is 10.1. The van der Waals surface area contributed by atoms with Crippen LogP contribution in [0.4, 0.5) is 5.69 Å². The van der Waals surface area contributed by atoms with E-state index in [4.69, 9.17) is 4.42 Å². The van der Waals surface area contributed by atoms with E-state index in [0.717, 1.165) is 28.8 Å². The Morgan fingerprint density at radius 2 is 2.28 bits per heavy atom. The van der Waals surface area contributed by atoms with Gasteiger partial charge in [-0.2, -0.15) is 5.10 Å². The van der Waals surface area contributed by atoms with E-state index >= 15 is 0 Å². The summed E-state index contributed by atoms with van der Waals surface area (Å²) in [7, 11) is 0. The van der Waals surface area contributed by atoms with Crippen LogP contribution in [0.25, 0.3) is 10.9 Å². The second kappa shape index (κ2) is 4.56. The zero-order valence-electron chi connectivity index (χ0n) is 10.2. The number of nitrogens with one attached hydrogen (secondary N) is 2. The van der Waals surface area contributed by atoms with Gasteiger partial charge in [0.15, 0.2) is 0 Å². The van der Waals surface area contributed by atoms with Crippen molar-refractivity contribution in [1.29, 1.82) is 0 Å². The van der Waals surface area contributed by atoms with E-state index in [0.29, 0.717) is 0 Å². The van der Waals surface area contributed by atoms with E-state index in [-0.39, 0.29) is 6.04 Å². The molecule has 1 aromatic carbocycles. The van der Waals surface area contributed by atoms with Gasteiger partial charge in [0.25, 0.3) is 0 Å². The molecular formula is C14H15N3O. The van der Waals surface area contributed by atoms with Crippen LogP contribution in [0.2, 0.25) is 0 Å². The predicted octanol–water partition coefficient (Wildman–Crippen LogP) is 3.72. The zero-order chi connectivity index (χ0) is 12.4. The highest BCUT2D eigenvalue weighted by Crippen LogP contribution is 2.27. The molecular weight excluding hydrogens is 226 g/mol. The van der Waals surface area contributed by atoms with Gasteiger partial charge in [-0.15, -0.1) is 0 Å². The Labute approximate surface area is 105 Å². The molecule has 0 fully saturated rings. The molecule has 3 rings (SSSR count). The lowest BCUT2D eigenvalue weighted by molar-refractivity contribution is 0.474. The van der Waals surface area contributed by atoms with Gasteiger partial charge in [-0.3, -0.25) is 5.10 Å². The molecule has 0 saturated heterocycles. The fraction of sp³-hybridized carbons (Fsp3) is 0.214.